The number of hydrogen-bond acceptors (Lipinski definition) is 2. The maximum absolute atomic E-state index is 12.8. The highest BCUT2D eigenvalue weighted by atomic mass is 19.1. The Labute approximate surface area is 100 Å². The number of nitrogens with two attached hydrogens (primary N) is 1. The SMILES string of the molecule is CC.CC.NC(=O)c1n[nH]c2ccc(F)cc12. The number of aromatic nitrogens is 2. The second-order valence-electron chi connectivity index (χ2n) is 2.63. The molecule has 0 radical (unpaired) electrons. The molecule has 1 aromatic heterocycles. The molecule has 5 heteroatoms. The lowest BCUT2D eigenvalue weighted by molar-refractivity contribution is 0.0997. The van der Waals surface area contributed by atoms with E-state index in [1.807, 2.05) is 27.7 Å². The van der Waals surface area contributed by atoms with Gasteiger partial charge >= 0.3 is 0 Å². The van der Waals surface area contributed by atoms with Crippen LogP contribution in [0.5, 0.6) is 0 Å². The standard InChI is InChI=1S/C8H6FN3O.2C2H6/c9-4-1-2-6-5(3-4)7(8(10)13)12-11-6;2*1-2/h1-3H,(H2,10,13)(H,11,12);2*1-2H3. The van der Waals surface area contributed by atoms with Crippen LogP contribution in [0.2, 0.25) is 0 Å². The van der Waals surface area contributed by atoms with Gasteiger partial charge in [-0.3, -0.25) is 9.89 Å². The molecule has 2 rings (SSSR count). The number of rotatable bonds is 1. The average Bonchev–Trinajstić information content (AvgIpc) is 2.77. The molecule has 2 aromatic rings. The van der Waals surface area contributed by atoms with Crippen molar-refractivity contribution in [1.82, 2.24) is 10.2 Å². The van der Waals surface area contributed by atoms with Crippen molar-refractivity contribution in [1.29, 1.82) is 0 Å². The Morgan fingerprint density at radius 1 is 1.29 bits per heavy atom. The van der Waals surface area contributed by atoms with E-state index >= 15 is 0 Å². The zero-order chi connectivity index (χ0) is 13.4. The highest BCUT2D eigenvalue weighted by Gasteiger charge is 2.10. The van der Waals surface area contributed by atoms with Crippen LogP contribution in [0.4, 0.5) is 4.39 Å². The number of hydrogen-bond donors (Lipinski definition) is 2. The van der Waals surface area contributed by atoms with Gasteiger partial charge in [-0.15, -0.1) is 0 Å². The van der Waals surface area contributed by atoms with E-state index in [0.717, 1.165) is 0 Å². The number of amides is 1. The van der Waals surface area contributed by atoms with E-state index in [2.05, 4.69) is 10.2 Å². The van der Waals surface area contributed by atoms with Gasteiger partial charge in [-0.05, 0) is 18.2 Å². The molecular weight excluding hydrogens is 221 g/mol. The fourth-order valence-electron chi connectivity index (χ4n) is 1.17. The lowest BCUT2D eigenvalue weighted by Crippen LogP contribution is -2.11. The first-order chi connectivity index (χ1) is 8.18. The van der Waals surface area contributed by atoms with Crippen LogP contribution in [0.25, 0.3) is 10.9 Å². The lowest BCUT2D eigenvalue weighted by atomic mass is 10.2. The van der Waals surface area contributed by atoms with Crippen LogP contribution in [0.1, 0.15) is 38.2 Å². The zero-order valence-corrected chi connectivity index (χ0v) is 10.5. The molecule has 0 saturated heterocycles. The summed E-state index contributed by atoms with van der Waals surface area (Å²) in [7, 11) is 0. The van der Waals surface area contributed by atoms with Crippen molar-refractivity contribution < 1.29 is 9.18 Å². The minimum atomic E-state index is -0.670. The molecule has 0 atom stereocenters. The van der Waals surface area contributed by atoms with Crippen molar-refractivity contribution in [3.63, 3.8) is 0 Å². The average molecular weight is 239 g/mol. The van der Waals surface area contributed by atoms with Gasteiger partial charge in [0.15, 0.2) is 5.69 Å². The Kier molecular flexibility index (Phi) is 6.55. The van der Waals surface area contributed by atoms with Gasteiger partial charge in [-0.1, -0.05) is 27.7 Å². The van der Waals surface area contributed by atoms with Gasteiger partial charge in [0.05, 0.1) is 5.52 Å². The molecule has 94 valence electrons. The summed E-state index contributed by atoms with van der Waals surface area (Å²) in [4.78, 5) is 10.8. The van der Waals surface area contributed by atoms with Gasteiger partial charge in [0.25, 0.3) is 5.91 Å². The third kappa shape index (κ3) is 3.55. The third-order valence-corrected chi connectivity index (χ3v) is 1.76. The van der Waals surface area contributed by atoms with E-state index in [1.54, 1.807) is 0 Å². The third-order valence-electron chi connectivity index (χ3n) is 1.76. The second kappa shape index (κ2) is 7.38. The van der Waals surface area contributed by atoms with E-state index in [-0.39, 0.29) is 5.69 Å². The molecule has 0 aliphatic rings. The van der Waals surface area contributed by atoms with Crippen LogP contribution < -0.4 is 5.73 Å². The summed E-state index contributed by atoms with van der Waals surface area (Å²) in [5, 5.41) is 6.66. The van der Waals surface area contributed by atoms with Gasteiger partial charge in [-0.25, -0.2) is 4.39 Å². The molecule has 0 bridgehead atoms. The summed E-state index contributed by atoms with van der Waals surface area (Å²) in [6.07, 6.45) is 0. The number of carbonyl (C=O) groups excluding carboxylic acids is 1. The molecular formula is C12H18FN3O. The first kappa shape index (κ1) is 15.1. The normalized spacial score (nSPS) is 8.76. The largest absolute Gasteiger partial charge is 0.364 e. The minimum absolute atomic E-state index is 0.0644. The van der Waals surface area contributed by atoms with Gasteiger partial charge < -0.3 is 5.73 Å². The first-order valence-electron chi connectivity index (χ1n) is 5.62. The van der Waals surface area contributed by atoms with Crippen molar-refractivity contribution in [2.75, 3.05) is 0 Å². The van der Waals surface area contributed by atoms with Crippen LogP contribution >= 0.6 is 0 Å². The molecule has 0 unspecified atom stereocenters. The molecule has 0 aliphatic carbocycles. The number of primary amides is 1. The van der Waals surface area contributed by atoms with E-state index in [4.69, 9.17) is 5.73 Å². The number of benzene rings is 1. The number of fused-ring (bicyclic) bond motifs is 1. The van der Waals surface area contributed by atoms with Gasteiger partial charge in [0.2, 0.25) is 0 Å². The smallest absolute Gasteiger partial charge is 0.269 e. The Bertz CT molecular complexity index is 480. The molecule has 0 spiro atoms. The van der Waals surface area contributed by atoms with Gasteiger partial charge in [0.1, 0.15) is 5.82 Å². The van der Waals surface area contributed by atoms with E-state index in [0.29, 0.717) is 10.9 Å². The van der Waals surface area contributed by atoms with Crippen LogP contribution in [-0.4, -0.2) is 16.1 Å². The highest BCUT2D eigenvalue weighted by Crippen LogP contribution is 2.16. The lowest BCUT2D eigenvalue weighted by Gasteiger charge is -1.90. The maximum atomic E-state index is 12.8. The van der Waals surface area contributed by atoms with E-state index < -0.39 is 11.7 Å². The van der Waals surface area contributed by atoms with Crippen LogP contribution in [0.15, 0.2) is 18.2 Å². The molecule has 0 fully saturated rings. The molecule has 0 aliphatic heterocycles. The van der Waals surface area contributed by atoms with Gasteiger partial charge in [-0.2, -0.15) is 5.10 Å². The monoisotopic (exact) mass is 239 g/mol. The van der Waals surface area contributed by atoms with E-state index in [1.165, 1.54) is 18.2 Å². The van der Waals surface area contributed by atoms with Crippen molar-refractivity contribution in [2.45, 2.75) is 27.7 Å². The summed E-state index contributed by atoms with van der Waals surface area (Å²) in [6, 6.07) is 4.01. The van der Waals surface area contributed by atoms with E-state index in [9.17, 15) is 9.18 Å². The fourth-order valence-corrected chi connectivity index (χ4v) is 1.17. The summed E-state index contributed by atoms with van der Waals surface area (Å²) in [5.41, 5.74) is 5.69. The second-order valence-corrected chi connectivity index (χ2v) is 2.63. The Balaban J connectivity index is 0.000000581. The topological polar surface area (TPSA) is 71.8 Å². The number of nitrogens with one attached hydrogen (secondary N) is 1. The highest BCUT2D eigenvalue weighted by molar-refractivity contribution is 6.03. The van der Waals surface area contributed by atoms with Crippen molar-refractivity contribution in [2.24, 2.45) is 5.73 Å². The number of nitrogens with zero attached hydrogens (tertiary/aromatic N) is 1. The quantitative estimate of drug-likeness (QED) is 0.803. The number of H-pyrrole nitrogens is 1. The predicted octanol–water partition coefficient (Wildman–Crippen LogP) is 2.85. The fraction of sp³-hybridized carbons (Fsp3) is 0.333. The maximum Gasteiger partial charge on any atom is 0.269 e. The molecule has 17 heavy (non-hydrogen) atoms. The molecule has 0 saturated carbocycles. The van der Waals surface area contributed by atoms with Crippen LogP contribution in [0.3, 0.4) is 0 Å². The Hall–Kier alpha value is -1.91. The summed E-state index contributed by atoms with van der Waals surface area (Å²) >= 11 is 0. The van der Waals surface area contributed by atoms with Crippen molar-refractivity contribution in [3.05, 3.63) is 29.7 Å². The molecule has 1 aromatic carbocycles. The molecule has 1 heterocycles. The van der Waals surface area contributed by atoms with Crippen LogP contribution in [-0.2, 0) is 0 Å². The van der Waals surface area contributed by atoms with Crippen molar-refractivity contribution >= 4 is 16.8 Å². The van der Waals surface area contributed by atoms with Crippen LogP contribution in [0, 0.1) is 5.82 Å². The summed E-state index contributed by atoms with van der Waals surface area (Å²) in [6.45, 7) is 8.00. The molecule has 3 N–H and O–H groups in total. The van der Waals surface area contributed by atoms with Gasteiger partial charge in [0, 0.05) is 5.39 Å². The Morgan fingerprint density at radius 3 is 2.41 bits per heavy atom. The zero-order valence-electron chi connectivity index (χ0n) is 10.5. The number of halogens is 1. The predicted molar refractivity (Wildman–Crippen MR) is 67.3 cm³/mol. The summed E-state index contributed by atoms with van der Waals surface area (Å²) in [5.74, 6) is -1.09. The number of carbonyl (C=O) groups is 1. The minimum Gasteiger partial charge on any atom is -0.364 e. The number of aromatic amines is 1. The Morgan fingerprint density at radius 2 is 1.88 bits per heavy atom. The molecule has 1 amide bonds. The van der Waals surface area contributed by atoms with Crippen molar-refractivity contribution in [3.8, 4) is 0 Å². The summed E-state index contributed by atoms with van der Waals surface area (Å²) < 4.78 is 12.8. The molecule has 4 nitrogen and oxygen atoms in total. The first-order valence-corrected chi connectivity index (χ1v) is 5.62.